The molecule has 2 aromatic rings. The number of ether oxygens (including phenoxy) is 2. The van der Waals surface area contributed by atoms with Gasteiger partial charge in [0.15, 0.2) is 6.23 Å². The van der Waals surface area contributed by atoms with E-state index in [1.54, 1.807) is 24.3 Å². The normalized spacial score (nSPS) is 27.2. The van der Waals surface area contributed by atoms with Crippen LogP contribution in [-0.2, 0) is 9.47 Å². The molecule has 2 aliphatic heterocycles. The highest BCUT2D eigenvalue weighted by Crippen LogP contribution is 2.38. The number of aromatic nitrogens is 2. The second kappa shape index (κ2) is 8.41. The molecule has 12 nitrogen and oxygen atoms in total. The number of aliphatic hydroxyl groups excluding tert-OH is 2. The zero-order chi connectivity index (χ0) is 23.0. The van der Waals surface area contributed by atoms with Crippen molar-refractivity contribution in [1.29, 1.82) is 0 Å². The third kappa shape index (κ3) is 3.57. The summed E-state index contributed by atoms with van der Waals surface area (Å²) in [6.45, 7) is -0.831. The molecule has 0 aliphatic carbocycles. The topological polar surface area (TPSA) is 177 Å². The number of aliphatic hydroxyl groups is 3. The Kier molecular flexibility index (Phi) is 5.79. The number of nitrogen functional groups attached to an aromatic ring is 1. The van der Waals surface area contributed by atoms with Crippen molar-refractivity contribution in [3.8, 4) is 0 Å². The molecule has 170 valence electrons. The lowest BCUT2D eigenvalue weighted by Gasteiger charge is -2.31. The fourth-order valence-corrected chi connectivity index (χ4v) is 3.82. The molecule has 4 rings (SSSR count). The number of hydrogen-bond donors (Lipinski definition) is 4. The minimum absolute atomic E-state index is 0.0108. The highest BCUT2D eigenvalue weighted by molar-refractivity contribution is 6.21. The molecule has 32 heavy (non-hydrogen) atoms. The summed E-state index contributed by atoms with van der Waals surface area (Å²) in [5, 5.41) is 30.9. The van der Waals surface area contributed by atoms with Crippen LogP contribution in [-0.4, -0.2) is 79.3 Å². The largest absolute Gasteiger partial charge is 0.394 e. The molecule has 1 aromatic heterocycles. The van der Waals surface area contributed by atoms with Crippen molar-refractivity contribution >= 4 is 17.6 Å². The van der Waals surface area contributed by atoms with Crippen LogP contribution in [0.1, 0.15) is 33.4 Å². The molecule has 1 saturated heterocycles. The number of nitrogens with zero attached hydrogens (tertiary/aromatic N) is 3. The summed E-state index contributed by atoms with van der Waals surface area (Å²) < 4.78 is 11.8. The first-order valence-electron chi connectivity index (χ1n) is 9.88. The minimum atomic E-state index is -2.41. The number of hydrogen-bond acceptors (Lipinski definition) is 10. The molecule has 0 spiro atoms. The Morgan fingerprint density at radius 3 is 2.41 bits per heavy atom. The van der Waals surface area contributed by atoms with Crippen molar-refractivity contribution in [2.45, 2.75) is 30.6 Å². The zero-order valence-electron chi connectivity index (χ0n) is 16.8. The molecule has 2 aliphatic rings. The van der Waals surface area contributed by atoms with Gasteiger partial charge in [0, 0.05) is 12.7 Å². The minimum Gasteiger partial charge on any atom is -0.394 e. The average Bonchev–Trinajstić information content (AvgIpc) is 3.17. The van der Waals surface area contributed by atoms with Gasteiger partial charge in [0.05, 0.1) is 24.3 Å². The Bertz CT molecular complexity index is 1070. The maximum absolute atomic E-state index is 12.4. The van der Waals surface area contributed by atoms with Gasteiger partial charge >= 0.3 is 5.69 Å². The van der Waals surface area contributed by atoms with Gasteiger partial charge in [-0.2, -0.15) is 4.98 Å². The first kappa shape index (κ1) is 22.0. The Balaban J connectivity index is 1.45. The number of amides is 2. The zero-order valence-corrected chi connectivity index (χ0v) is 16.8. The van der Waals surface area contributed by atoms with Gasteiger partial charge in [-0.25, -0.2) is 4.79 Å². The maximum Gasteiger partial charge on any atom is 0.351 e. The highest BCUT2D eigenvalue weighted by atomic mass is 16.7. The molecule has 4 atom stereocenters. The molecule has 12 heteroatoms. The Morgan fingerprint density at radius 1 is 1.16 bits per heavy atom. The molecular weight excluding hydrogens is 424 g/mol. The van der Waals surface area contributed by atoms with Crippen molar-refractivity contribution < 1.29 is 34.4 Å². The maximum atomic E-state index is 12.4. The van der Waals surface area contributed by atoms with Gasteiger partial charge in [0.25, 0.3) is 11.8 Å². The lowest BCUT2D eigenvalue weighted by Crippen LogP contribution is -2.51. The molecule has 3 heterocycles. The van der Waals surface area contributed by atoms with Crippen LogP contribution in [0.2, 0.25) is 0 Å². The summed E-state index contributed by atoms with van der Waals surface area (Å²) in [6.07, 6.45) is -3.10. The number of anilines is 1. The van der Waals surface area contributed by atoms with E-state index in [9.17, 15) is 29.7 Å². The van der Waals surface area contributed by atoms with Crippen LogP contribution in [0, 0.1) is 0 Å². The van der Waals surface area contributed by atoms with E-state index in [1.165, 1.54) is 12.3 Å². The van der Waals surface area contributed by atoms with Crippen LogP contribution >= 0.6 is 0 Å². The van der Waals surface area contributed by atoms with Crippen LogP contribution in [0.15, 0.2) is 41.3 Å². The fourth-order valence-electron chi connectivity index (χ4n) is 3.82. The van der Waals surface area contributed by atoms with Crippen molar-refractivity contribution in [1.82, 2.24) is 14.5 Å². The number of benzene rings is 1. The quantitative estimate of drug-likeness (QED) is 0.221. The number of fused-ring (bicyclic) bond motifs is 1. The molecule has 1 aromatic carbocycles. The second-order valence-electron chi connectivity index (χ2n) is 7.46. The van der Waals surface area contributed by atoms with E-state index in [4.69, 9.17) is 15.2 Å². The monoisotopic (exact) mass is 446 g/mol. The van der Waals surface area contributed by atoms with Crippen molar-refractivity contribution in [3.05, 3.63) is 58.1 Å². The van der Waals surface area contributed by atoms with Crippen LogP contribution in [0.4, 0.5) is 5.82 Å². The summed E-state index contributed by atoms with van der Waals surface area (Å²) in [5.41, 5.74) is 5.26. The molecule has 0 saturated carbocycles. The van der Waals surface area contributed by atoms with Crippen LogP contribution in [0.5, 0.6) is 0 Å². The van der Waals surface area contributed by atoms with Gasteiger partial charge in [-0.05, 0) is 24.6 Å². The van der Waals surface area contributed by atoms with Gasteiger partial charge in [-0.15, -0.1) is 0 Å². The van der Waals surface area contributed by atoms with Crippen LogP contribution in [0.25, 0.3) is 0 Å². The SMILES string of the molecule is Nc1ccn([C@@H]2O[C@H](CO)[C@@H](O)[C@]2(O)OCCCN2C(=O)c3ccccc3C2=O)c(=O)n1. The van der Waals surface area contributed by atoms with E-state index in [0.29, 0.717) is 11.1 Å². The average molecular weight is 446 g/mol. The molecule has 0 unspecified atom stereocenters. The molecule has 2 amide bonds. The van der Waals surface area contributed by atoms with Crippen molar-refractivity contribution in [2.75, 3.05) is 25.5 Å². The lowest BCUT2D eigenvalue weighted by molar-refractivity contribution is -0.278. The number of carbonyl (C=O) groups is 2. The van der Waals surface area contributed by atoms with Gasteiger partial charge < -0.3 is 30.5 Å². The summed E-state index contributed by atoms with van der Waals surface area (Å²) >= 11 is 0. The molecule has 0 radical (unpaired) electrons. The van der Waals surface area contributed by atoms with Gasteiger partial charge in [0.2, 0.25) is 5.79 Å². The highest BCUT2D eigenvalue weighted by Gasteiger charge is 2.58. The predicted octanol–water partition coefficient (Wildman–Crippen LogP) is -1.53. The van der Waals surface area contributed by atoms with E-state index in [1.807, 2.05) is 0 Å². The van der Waals surface area contributed by atoms with Crippen molar-refractivity contribution in [2.24, 2.45) is 0 Å². The van der Waals surface area contributed by atoms with Crippen LogP contribution < -0.4 is 11.4 Å². The van der Waals surface area contributed by atoms with E-state index >= 15 is 0 Å². The van der Waals surface area contributed by atoms with Gasteiger partial charge in [0.1, 0.15) is 18.0 Å². The third-order valence-electron chi connectivity index (χ3n) is 5.46. The third-order valence-corrected chi connectivity index (χ3v) is 5.46. The van der Waals surface area contributed by atoms with Crippen LogP contribution in [0.3, 0.4) is 0 Å². The Labute approximate surface area is 181 Å². The number of carbonyl (C=O) groups excluding carboxylic acids is 2. The van der Waals surface area contributed by atoms with Crippen molar-refractivity contribution in [3.63, 3.8) is 0 Å². The fraction of sp³-hybridized carbons (Fsp3) is 0.400. The lowest BCUT2D eigenvalue weighted by atomic mass is 10.1. The number of nitrogens with two attached hydrogens (primary N) is 1. The second-order valence-corrected chi connectivity index (χ2v) is 7.46. The summed E-state index contributed by atoms with van der Waals surface area (Å²) in [4.78, 5) is 41.7. The van der Waals surface area contributed by atoms with E-state index in [0.717, 1.165) is 9.47 Å². The molecule has 0 bridgehead atoms. The first-order valence-corrected chi connectivity index (χ1v) is 9.88. The van der Waals surface area contributed by atoms with E-state index < -0.39 is 48.3 Å². The summed E-state index contributed by atoms with van der Waals surface area (Å²) in [7, 11) is 0. The Hall–Kier alpha value is -3.16. The molecule has 5 N–H and O–H groups in total. The summed E-state index contributed by atoms with van der Waals surface area (Å²) in [5.74, 6) is -3.30. The number of imide groups is 1. The summed E-state index contributed by atoms with van der Waals surface area (Å²) in [6, 6.07) is 7.77. The van der Waals surface area contributed by atoms with Gasteiger partial charge in [-0.3, -0.25) is 19.1 Å². The number of rotatable bonds is 7. The van der Waals surface area contributed by atoms with Gasteiger partial charge in [-0.1, -0.05) is 12.1 Å². The molecule has 1 fully saturated rings. The molecular formula is C20H22N4O8. The smallest absolute Gasteiger partial charge is 0.351 e. The standard InChI is InChI=1S/C20H22N4O8/c21-14-6-8-24(19(29)22-14)18-20(30,15(26)13(10-25)32-18)31-9-3-7-23-16(27)11-4-1-2-5-12(11)17(23)28/h1-2,4-6,8,13,15,18,25-26,30H,3,7,9-10H2,(H2,21,22,29)/t13-,15-,18-,20+/m1/s1. The Morgan fingerprint density at radius 2 is 1.81 bits per heavy atom. The predicted molar refractivity (Wildman–Crippen MR) is 107 cm³/mol. The first-order chi connectivity index (χ1) is 15.3. The van der Waals surface area contributed by atoms with E-state index in [2.05, 4.69) is 4.98 Å². The van der Waals surface area contributed by atoms with E-state index in [-0.39, 0.29) is 25.4 Å².